The van der Waals surface area contributed by atoms with Gasteiger partial charge < -0.3 is 28.6 Å². The van der Waals surface area contributed by atoms with E-state index in [0.29, 0.717) is 6.42 Å². The molecule has 0 bridgehead atoms. The van der Waals surface area contributed by atoms with E-state index in [4.69, 9.17) is 14.2 Å². The molecule has 0 heterocycles. The Hall–Kier alpha value is -3.23. The molecule has 0 fully saturated rings. The second kappa shape index (κ2) is 40.5. The monoisotopic (exact) mass is 812 g/mol. The van der Waals surface area contributed by atoms with Gasteiger partial charge in [-0.25, -0.2) is 0 Å². The second-order valence-corrected chi connectivity index (χ2v) is 16.4. The van der Waals surface area contributed by atoms with E-state index in [1.165, 1.54) is 64.2 Å². The number of quaternary nitrogens is 1. The Morgan fingerprint density at radius 3 is 1.47 bits per heavy atom. The van der Waals surface area contributed by atoms with Gasteiger partial charge in [0.25, 0.3) is 0 Å². The Morgan fingerprint density at radius 2 is 0.966 bits per heavy atom. The SMILES string of the molecule is CCC/C=C/C=C/C=C/C=C/C=C/CCCCCCCC(=O)OC(COCCC(C(=O)[O-])[N+](C)(C)C)COC(=O)CCCCCCC/C=C/CCCCCCCCC. The van der Waals surface area contributed by atoms with Crippen molar-refractivity contribution < 1.29 is 38.2 Å². The predicted molar refractivity (Wildman–Crippen MR) is 240 cm³/mol. The lowest BCUT2D eigenvalue weighted by Crippen LogP contribution is -2.55. The summed E-state index contributed by atoms with van der Waals surface area (Å²) in [6.07, 6.45) is 50.6. The summed E-state index contributed by atoms with van der Waals surface area (Å²) in [5, 5.41) is 11.6. The quantitative estimate of drug-likeness (QED) is 0.0200. The lowest BCUT2D eigenvalue weighted by molar-refractivity contribution is -0.889. The summed E-state index contributed by atoms with van der Waals surface area (Å²) in [6.45, 7) is 4.53. The van der Waals surface area contributed by atoms with Gasteiger partial charge in [-0.3, -0.25) is 9.59 Å². The molecular formula is C50H85NO7. The van der Waals surface area contributed by atoms with Crippen LogP contribution in [0.4, 0.5) is 0 Å². The van der Waals surface area contributed by atoms with Crippen LogP contribution in [-0.4, -0.2) is 75.5 Å². The van der Waals surface area contributed by atoms with E-state index < -0.39 is 18.1 Å². The van der Waals surface area contributed by atoms with Gasteiger partial charge in [-0.05, 0) is 57.8 Å². The van der Waals surface area contributed by atoms with E-state index in [1.807, 2.05) is 36.5 Å². The maximum atomic E-state index is 12.7. The molecule has 0 aliphatic rings. The number of carboxylic acids is 1. The minimum atomic E-state index is -1.13. The highest BCUT2D eigenvalue weighted by Crippen LogP contribution is 2.13. The second-order valence-electron chi connectivity index (χ2n) is 16.4. The number of nitrogens with zero attached hydrogens (tertiary/aromatic N) is 1. The first-order valence-electron chi connectivity index (χ1n) is 23.0. The number of esters is 2. The minimum Gasteiger partial charge on any atom is -0.544 e. The molecule has 58 heavy (non-hydrogen) atoms. The van der Waals surface area contributed by atoms with Crippen LogP contribution in [-0.2, 0) is 28.6 Å². The smallest absolute Gasteiger partial charge is 0.306 e. The molecule has 0 N–H and O–H groups in total. The van der Waals surface area contributed by atoms with Gasteiger partial charge in [-0.1, -0.05) is 170 Å². The Labute approximate surface area is 355 Å². The molecule has 0 spiro atoms. The van der Waals surface area contributed by atoms with Gasteiger partial charge >= 0.3 is 11.9 Å². The molecule has 0 aliphatic heterocycles. The number of unbranched alkanes of at least 4 members (excludes halogenated alkanes) is 18. The first-order chi connectivity index (χ1) is 28.1. The van der Waals surface area contributed by atoms with Crippen LogP contribution >= 0.6 is 0 Å². The normalized spacial score (nSPS) is 13.6. The van der Waals surface area contributed by atoms with Crippen LogP contribution in [0.1, 0.15) is 174 Å². The van der Waals surface area contributed by atoms with Crippen LogP contribution in [0.25, 0.3) is 0 Å². The largest absolute Gasteiger partial charge is 0.544 e. The maximum absolute atomic E-state index is 12.7. The predicted octanol–water partition coefficient (Wildman–Crippen LogP) is 11.4. The molecule has 0 radical (unpaired) electrons. The van der Waals surface area contributed by atoms with Gasteiger partial charge in [0.05, 0.1) is 40.3 Å². The van der Waals surface area contributed by atoms with Crippen molar-refractivity contribution in [3.8, 4) is 0 Å². The molecule has 8 heteroatoms. The average molecular weight is 812 g/mol. The molecular weight excluding hydrogens is 727 g/mol. The van der Waals surface area contributed by atoms with E-state index in [1.54, 1.807) is 21.1 Å². The molecule has 0 saturated heterocycles. The topological polar surface area (TPSA) is 102 Å². The number of hydrogen-bond donors (Lipinski definition) is 0. The van der Waals surface area contributed by atoms with Crippen LogP contribution in [0, 0.1) is 0 Å². The van der Waals surface area contributed by atoms with Crippen molar-refractivity contribution in [3.63, 3.8) is 0 Å². The van der Waals surface area contributed by atoms with Crippen molar-refractivity contribution in [2.75, 3.05) is 41.0 Å². The summed E-state index contributed by atoms with van der Waals surface area (Å²) in [5.41, 5.74) is 0. The lowest BCUT2D eigenvalue weighted by Gasteiger charge is -2.34. The highest BCUT2D eigenvalue weighted by Gasteiger charge is 2.25. The van der Waals surface area contributed by atoms with Crippen molar-refractivity contribution in [1.29, 1.82) is 0 Å². The van der Waals surface area contributed by atoms with E-state index in [0.717, 1.165) is 77.0 Å². The third-order valence-electron chi connectivity index (χ3n) is 9.92. The Kier molecular flexibility index (Phi) is 38.3. The van der Waals surface area contributed by atoms with Gasteiger partial charge in [0.1, 0.15) is 12.6 Å². The minimum absolute atomic E-state index is 0.0240. The lowest BCUT2D eigenvalue weighted by atomic mass is 10.1. The van der Waals surface area contributed by atoms with E-state index in [-0.39, 0.29) is 49.1 Å². The number of carbonyl (C=O) groups is 3. The first kappa shape index (κ1) is 54.8. The average Bonchev–Trinajstić information content (AvgIpc) is 3.18. The molecule has 0 aromatic carbocycles. The summed E-state index contributed by atoms with van der Waals surface area (Å²) >= 11 is 0. The summed E-state index contributed by atoms with van der Waals surface area (Å²) < 4.78 is 17.2. The van der Waals surface area contributed by atoms with E-state index in [2.05, 4.69) is 50.3 Å². The molecule has 0 aliphatic carbocycles. The van der Waals surface area contributed by atoms with Crippen molar-refractivity contribution in [2.45, 2.75) is 187 Å². The summed E-state index contributed by atoms with van der Waals surface area (Å²) in [4.78, 5) is 36.9. The van der Waals surface area contributed by atoms with Crippen molar-refractivity contribution in [3.05, 3.63) is 72.9 Å². The first-order valence-corrected chi connectivity index (χ1v) is 23.0. The van der Waals surface area contributed by atoms with Crippen molar-refractivity contribution in [1.82, 2.24) is 0 Å². The molecule has 332 valence electrons. The molecule has 0 aromatic rings. The maximum Gasteiger partial charge on any atom is 0.306 e. The van der Waals surface area contributed by atoms with Crippen LogP contribution in [0.2, 0.25) is 0 Å². The molecule has 0 amide bonds. The zero-order valence-electron chi connectivity index (χ0n) is 37.7. The number of aliphatic carboxylic acids is 1. The number of carboxylic acid groups (broad SMARTS) is 1. The van der Waals surface area contributed by atoms with Gasteiger partial charge in [-0.15, -0.1) is 0 Å². The van der Waals surface area contributed by atoms with E-state index >= 15 is 0 Å². The highest BCUT2D eigenvalue weighted by molar-refractivity contribution is 5.70. The standard InChI is InChI=1S/C50H85NO7/c1-6-8-10-12-14-16-18-20-22-24-25-27-29-31-33-35-37-39-41-49(53)58-46(44-56-43-42-47(50(54)55)51(3,4)5)45-57-48(52)40-38-36-34-32-30-28-26-23-21-19-17-15-13-11-9-7-2/h10,12,14,16,18,20,22-27,46-47H,6-9,11,13,15,17,19,21,28-45H2,1-5H3/b12-10+,16-14+,20-18+,24-22+,26-23+,27-25+. The number of hydrogen-bond acceptors (Lipinski definition) is 7. The van der Waals surface area contributed by atoms with Crippen LogP contribution in [0.15, 0.2) is 72.9 Å². The number of likely N-dealkylation sites (N-methyl/N-ethyl adjacent to an activating group) is 1. The zero-order chi connectivity index (χ0) is 42.8. The number of carbonyl (C=O) groups excluding carboxylic acids is 3. The molecule has 0 rings (SSSR count). The van der Waals surface area contributed by atoms with Crippen LogP contribution in [0.5, 0.6) is 0 Å². The van der Waals surface area contributed by atoms with Crippen LogP contribution in [0.3, 0.4) is 0 Å². The Balaban J connectivity index is 4.41. The summed E-state index contributed by atoms with van der Waals surface area (Å²) in [6, 6.07) is -0.735. The zero-order valence-corrected chi connectivity index (χ0v) is 37.7. The molecule has 0 aromatic heterocycles. The van der Waals surface area contributed by atoms with Gasteiger partial charge in [-0.2, -0.15) is 0 Å². The third kappa shape index (κ3) is 38.3. The van der Waals surface area contributed by atoms with Gasteiger partial charge in [0.15, 0.2) is 6.10 Å². The van der Waals surface area contributed by atoms with Crippen molar-refractivity contribution in [2.24, 2.45) is 0 Å². The van der Waals surface area contributed by atoms with E-state index in [9.17, 15) is 19.5 Å². The van der Waals surface area contributed by atoms with Crippen molar-refractivity contribution >= 4 is 17.9 Å². The molecule has 8 nitrogen and oxygen atoms in total. The number of ether oxygens (including phenoxy) is 3. The molecule has 2 unspecified atom stereocenters. The van der Waals surface area contributed by atoms with Gasteiger partial charge in [0, 0.05) is 19.3 Å². The molecule has 2 atom stereocenters. The molecule has 0 saturated carbocycles. The van der Waals surface area contributed by atoms with Crippen LogP contribution < -0.4 is 5.11 Å². The fraction of sp³-hybridized carbons (Fsp3) is 0.700. The number of rotatable bonds is 40. The highest BCUT2D eigenvalue weighted by atomic mass is 16.6. The summed E-state index contributed by atoms with van der Waals surface area (Å²) in [7, 11) is 5.39. The Bertz CT molecular complexity index is 1180. The van der Waals surface area contributed by atoms with Gasteiger partial charge in [0.2, 0.25) is 0 Å². The summed E-state index contributed by atoms with van der Waals surface area (Å²) in [5.74, 6) is -1.78. The number of allylic oxidation sites excluding steroid dienone is 12. The fourth-order valence-electron chi connectivity index (χ4n) is 6.33. The fourth-order valence-corrected chi connectivity index (χ4v) is 6.33. The Morgan fingerprint density at radius 1 is 0.517 bits per heavy atom. The third-order valence-corrected chi connectivity index (χ3v) is 9.92.